The van der Waals surface area contributed by atoms with Crippen molar-refractivity contribution in [3.05, 3.63) is 51.9 Å². The highest BCUT2D eigenvalue weighted by Gasteiger charge is 2.32. The summed E-state index contributed by atoms with van der Waals surface area (Å²) in [5, 5.41) is 0.0306. The Hall–Kier alpha value is -2.07. The van der Waals surface area contributed by atoms with E-state index < -0.39 is 15.9 Å². The molecule has 2 fully saturated rings. The second-order valence-corrected chi connectivity index (χ2v) is 9.72. The van der Waals surface area contributed by atoms with Crippen LogP contribution in [0.4, 0.5) is 0 Å². The van der Waals surface area contributed by atoms with Crippen molar-refractivity contribution in [3.63, 3.8) is 0 Å². The van der Waals surface area contributed by atoms with Gasteiger partial charge in [0.15, 0.2) is 5.76 Å². The first-order chi connectivity index (χ1) is 14.3. The van der Waals surface area contributed by atoms with Crippen molar-refractivity contribution in [3.8, 4) is 0 Å². The molecule has 0 bridgehead atoms. The van der Waals surface area contributed by atoms with Crippen LogP contribution < -0.4 is 4.72 Å². The lowest BCUT2D eigenvalue weighted by atomic mass is 10.1. The maximum Gasteiger partial charge on any atom is 0.289 e. The lowest BCUT2D eigenvalue weighted by Crippen LogP contribution is -2.50. The Balaban J connectivity index is 1.49. The van der Waals surface area contributed by atoms with Crippen LogP contribution >= 0.6 is 23.2 Å². The van der Waals surface area contributed by atoms with Gasteiger partial charge in [0.1, 0.15) is 4.90 Å². The smallest absolute Gasteiger partial charge is 0.289 e. The second-order valence-electron chi connectivity index (χ2n) is 7.22. The molecule has 2 aromatic rings. The predicted octanol–water partition coefficient (Wildman–Crippen LogP) is 2.63. The minimum atomic E-state index is -3.85. The number of carbonyl (C=O) groups excluding carboxylic acids is 2. The Morgan fingerprint density at radius 1 is 1.00 bits per heavy atom. The van der Waals surface area contributed by atoms with Gasteiger partial charge in [0.2, 0.25) is 10.0 Å². The molecule has 1 aliphatic heterocycles. The van der Waals surface area contributed by atoms with Crippen LogP contribution in [0, 0.1) is 0 Å². The van der Waals surface area contributed by atoms with Crippen LogP contribution in [0.2, 0.25) is 10.0 Å². The lowest BCUT2D eigenvalue weighted by molar-refractivity contribution is 0.0518. The Kier molecular flexibility index (Phi) is 5.80. The van der Waals surface area contributed by atoms with Gasteiger partial charge in [-0.1, -0.05) is 23.2 Å². The minimum absolute atomic E-state index is 0.0430. The van der Waals surface area contributed by atoms with Crippen molar-refractivity contribution in [2.24, 2.45) is 0 Å². The lowest BCUT2D eigenvalue weighted by Gasteiger charge is -2.34. The van der Waals surface area contributed by atoms with E-state index in [1.807, 2.05) is 0 Å². The fourth-order valence-electron chi connectivity index (χ4n) is 3.22. The van der Waals surface area contributed by atoms with Crippen molar-refractivity contribution in [2.45, 2.75) is 23.8 Å². The molecule has 1 saturated heterocycles. The Morgan fingerprint density at radius 2 is 1.63 bits per heavy atom. The molecule has 1 aromatic heterocycles. The third kappa shape index (κ3) is 4.34. The number of halogens is 2. The third-order valence-corrected chi connectivity index (χ3v) is 7.32. The van der Waals surface area contributed by atoms with Gasteiger partial charge in [0, 0.05) is 32.2 Å². The van der Waals surface area contributed by atoms with Gasteiger partial charge in [0.25, 0.3) is 11.8 Å². The summed E-state index contributed by atoms with van der Waals surface area (Å²) in [5.41, 5.74) is 0.0584. The third-order valence-electron chi connectivity index (χ3n) is 5.03. The molecule has 2 heterocycles. The van der Waals surface area contributed by atoms with Gasteiger partial charge in [-0.05, 0) is 37.1 Å². The van der Waals surface area contributed by atoms with Gasteiger partial charge in [-0.15, -0.1) is 0 Å². The number of nitrogens with zero attached hydrogens (tertiary/aromatic N) is 2. The summed E-state index contributed by atoms with van der Waals surface area (Å²) in [4.78, 5) is 28.3. The minimum Gasteiger partial charge on any atom is -0.459 e. The Morgan fingerprint density at radius 3 is 2.20 bits per heavy atom. The van der Waals surface area contributed by atoms with Crippen LogP contribution in [0.1, 0.15) is 33.8 Å². The van der Waals surface area contributed by atoms with E-state index in [-0.39, 0.29) is 51.3 Å². The number of piperazine rings is 1. The maximum absolute atomic E-state index is 13.0. The topological polar surface area (TPSA) is 99.9 Å². The van der Waals surface area contributed by atoms with Gasteiger partial charge >= 0.3 is 0 Å². The molecule has 2 amide bonds. The zero-order valence-corrected chi connectivity index (χ0v) is 18.1. The van der Waals surface area contributed by atoms with E-state index in [0.717, 1.165) is 12.8 Å². The van der Waals surface area contributed by atoms with Crippen LogP contribution in [0.25, 0.3) is 0 Å². The first kappa shape index (κ1) is 21.2. The molecule has 11 heteroatoms. The number of sulfonamides is 1. The maximum atomic E-state index is 13.0. The number of hydrogen-bond donors (Lipinski definition) is 1. The van der Waals surface area contributed by atoms with Gasteiger partial charge in [-0.25, -0.2) is 13.1 Å². The molecular weight excluding hydrogens is 453 g/mol. The highest BCUT2D eigenvalue weighted by Crippen LogP contribution is 2.31. The quantitative estimate of drug-likeness (QED) is 0.722. The van der Waals surface area contributed by atoms with E-state index in [2.05, 4.69) is 4.72 Å². The van der Waals surface area contributed by atoms with Crippen molar-refractivity contribution >= 4 is 45.0 Å². The number of hydrogen-bond acceptors (Lipinski definition) is 5. The van der Waals surface area contributed by atoms with Gasteiger partial charge in [0.05, 0.1) is 21.9 Å². The normalized spacial score (nSPS) is 17.3. The molecule has 0 unspecified atom stereocenters. The molecule has 1 aliphatic carbocycles. The van der Waals surface area contributed by atoms with Crippen LogP contribution in [0.3, 0.4) is 0 Å². The summed E-state index contributed by atoms with van der Waals surface area (Å²) in [6, 6.07) is 5.62. The Bertz CT molecular complexity index is 1080. The predicted molar refractivity (Wildman–Crippen MR) is 110 cm³/mol. The number of benzene rings is 1. The van der Waals surface area contributed by atoms with Crippen molar-refractivity contribution in [1.29, 1.82) is 0 Å². The van der Waals surface area contributed by atoms with Crippen LogP contribution in [-0.2, 0) is 10.0 Å². The van der Waals surface area contributed by atoms with E-state index in [1.54, 1.807) is 17.0 Å². The molecule has 0 radical (unpaired) electrons. The SMILES string of the molecule is O=C(c1ccco1)N1CCN(C(=O)c2cc(S(=O)(=O)NC3CC3)c(Cl)cc2Cl)CC1. The fraction of sp³-hybridized carbons (Fsp3) is 0.368. The number of rotatable bonds is 5. The Labute approximate surface area is 183 Å². The molecule has 8 nitrogen and oxygen atoms in total. The number of nitrogens with one attached hydrogen (secondary N) is 1. The average Bonchev–Trinajstić information content (AvgIpc) is 3.34. The van der Waals surface area contributed by atoms with Crippen LogP contribution in [-0.4, -0.2) is 62.3 Å². The van der Waals surface area contributed by atoms with Gasteiger partial charge in [-0.2, -0.15) is 0 Å². The standard InChI is InChI=1S/C19H19Cl2N3O5S/c20-14-11-15(21)17(30(27,28)22-12-3-4-12)10-13(14)18(25)23-5-7-24(8-6-23)19(26)16-2-1-9-29-16/h1-2,9-12,22H,3-8H2. The zero-order chi connectivity index (χ0) is 21.5. The summed E-state index contributed by atoms with van der Waals surface area (Å²) < 4.78 is 32.8. The fourth-order valence-corrected chi connectivity index (χ4v) is 5.38. The summed E-state index contributed by atoms with van der Waals surface area (Å²) in [5.74, 6) is -0.408. The first-order valence-electron chi connectivity index (χ1n) is 9.39. The van der Waals surface area contributed by atoms with E-state index in [0.29, 0.717) is 13.1 Å². The number of amides is 2. The molecule has 160 valence electrons. The first-order valence-corrected chi connectivity index (χ1v) is 11.6. The van der Waals surface area contributed by atoms with Gasteiger partial charge < -0.3 is 14.2 Å². The molecule has 1 N–H and O–H groups in total. The number of furan rings is 1. The molecular formula is C19H19Cl2N3O5S. The summed E-state index contributed by atoms with van der Waals surface area (Å²) >= 11 is 12.3. The highest BCUT2D eigenvalue weighted by molar-refractivity contribution is 7.89. The molecule has 4 rings (SSSR count). The molecule has 0 spiro atoms. The highest BCUT2D eigenvalue weighted by atomic mass is 35.5. The monoisotopic (exact) mass is 471 g/mol. The van der Waals surface area contributed by atoms with Crippen molar-refractivity contribution < 1.29 is 22.4 Å². The van der Waals surface area contributed by atoms with Crippen molar-refractivity contribution in [2.75, 3.05) is 26.2 Å². The summed E-state index contributed by atoms with van der Waals surface area (Å²) in [6.45, 7) is 1.22. The van der Waals surface area contributed by atoms with E-state index in [1.165, 1.54) is 23.3 Å². The molecule has 30 heavy (non-hydrogen) atoms. The second kappa shape index (κ2) is 8.22. The molecule has 2 aliphatic rings. The van der Waals surface area contributed by atoms with Crippen LogP contribution in [0.5, 0.6) is 0 Å². The van der Waals surface area contributed by atoms with E-state index >= 15 is 0 Å². The number of carbonyl (C=O) groups is 2. The van der Waals surface area contributed by atoms with E-state index in [9.17, 15) is 18.0 Å². The van der Waals surface area contributed by atoms with Crippen molar-refractivity contribution in [1.82, 2.24) is 14.5 Å². The summed E-state index contributed by atoms with van der Waals surface area (Å²) in [7, 11) is -3.85. The zero-order valence-electron chi connectivity index (χ0n) is 15.8. The molecule has 1 aromatic carbocycles. The largest absolute Gasteiger partial charge is 0.459 e. The van der Waals surface area contributed by atoms with E-state index in [4.69, 9.17) is 27.6 Å². The molecule has 1 saturated carbocycles. The molecule has 0 atom stereocenters. The average molecular weight is 472 g/mol. The summed E-state index contributed by atoms with van der Waals surface area (Å²) in [6.07, 6.45) is 2.98. The van der Waals surface area contributed by atoms with Gasteiger partial charge in [-0.3, -0.25) is 9.59 Å². The van der Waals surface area contributed by atoms with Crippen LogP contribution in [0.15, 0.2) is 39.8 Å².